The van der Waals surface area contributed by atoms with Gasteiger partial charge in [0.25, 0.3) is 0 Å². The summed E-state index contributed by atoms with van der Waals surface area (Å²) in [7, 11) is 0. The number of nitrogens with zero attached hydrogens (tertiary/aromatic N) is 2. The number of Topliss-reactive ketones (excluding diaryl/α,β-unsaturated/α-hetero) is 1. The maximum atomic E-state index is 13.9. The lowest BCUT2D eigenvalue weighted by atomic mass is 9.78. The Morgan fingerprint density at radius 2 is 2.03 bits per heavy atom. The van der Waals surface area contributed by atoms with Gasteiger partial charge in [0.1, 0.15) is 5.82 Å². The van der Waals surface area contributed by atoms with Crippen LogP contribution in [0.2, 0.25) is 5.02 Å². The number of carbonyl (C=O) groups is 1. The molecular weight excluding hydrogens is 483 g/mol. The van der Waals surface area contributed by atoms with E-state index in [0.29, 0.717) is 24.1 Å². The third kappa shape index (κ3) is 4.35. The molecule has 0 saturated carbocycles. The summed E-state index contributed by atoms with van der Waals surface area (Å²) in [4.78, 5) is 16.4. The topological polar surface area (TPSA) is 70.1 Å². The summed E-state index contributed by atoms with van der Waals surface area (Å²) in [5.41, 5.74) is 6.09. The minimum absolute atomic E-state index is 0.0684. The first-order valence-corrected chi connectivity index (χ1v) is 12.3. The highest BCUT2D eigenvalue weighted by atomic mass is 35.5. The van der Waals surface area contributed by atoms with Crippen LogP contribution in [0.5, 0.6) is 0 Å². The molecule has 2 heterocycles. The van der Waals surface area contributed by atoms with Gasteiger partial charge in [0.05, 0.1) is 28.8 Å². The van der Waals surface area contributed by atoms with Crippen molar-refractivity contribution in [3.63, 3.8) is 0 Å². The van der Waals surface area contributed by atoms with Crippen molar-refractivity contribution in [3.05, 3.63) is 73.3 Å². The van der Waals surface area contributed by atoms with Crippen LogP contribution in [0.4, 0.5) is 18.9 Å². The number of rotatable bonds is 5. The summed E-state index contributed by atoms with van der Waals surface area (Å²) in [6, 6.07) is 9.42. The lowest BCUT2D eigenvalue weighted by molar-refractivity contribution is -0.137. The van der Waals surface area contributed by atoms with Gasteiger partial charge < -0.3 is 5.73 Å². The van der Waals surface area contributed by atoms with E-state index in [1.807, 2.05) is 12.1 Å². The minimum Gasteiger partial charge on any atom is -0.384 e. The lowest BCUT2D eigenvalue weighted by Crippen LogP contribution is -2.39. The Morgan fingerprint density at radius 3 is 2.71 bits per heavy atom. The zero-order valence-corrected chi connectivity index (χ0v) is 20.1. The smallest absolute Gasteiger partial charge is 0.384 e. The van der Waals surface area contributed by atoms with Crippen LogP contribution < -0.4 is 10.6 Å². The van der Waals surface area contributed by atoms with Crippen molar-refractivity contribution in [2.24, 2.45) is 5.73 Å². The van der Waals surface area contributed by atoms with Gasteiger partial charge in [-0.3, -0.25) is 9.69 Å². The van der Waals surface area contributed by atoms with E-state index in [4.69, 9.17) is 17.3 Å². The van der Waals surface area contributed by atoms with Crippen molar-refractivity contribution in [2.75, 3.05) is 4.90 Å². The fraction of sp³-hybridized carbons (Fsp3) is 0.360. The van der Waals surface area contributed by atoms with Gasteiger partial charge in [0.2, 0.25) is 0 Å². The molecule has 1 unspecified atom stereocenters. The molecule has 1 aromatic carbocycles. The molecule has 0 saturated heterocycles. The molecule has 2 aliphatic rings. The Morgan fingerprint density at radius 1 is 1.26 bits per heavy atom. The highest BCUT2D eigenvalue weighted by Gasteiger charge is 2.43. The molecule has 0 radical (unpaired) electrons. The molecule has 34 heavy (non-hydrogen) atoms. The van der Waals surface area contributed by atoms with Crippen LogP contribution >= 0.6 is 22.9 Å². The second-order valence-corrected chi connectivity index (χ2v) is 10.0. The van der Waals surface area contributed by atoms with Gasteiger partial charge in [-0.05, 0) is 56.0 Å². The van der Waals surface area contributed by atoms with Crippen LogP contribution in [0, 0.1) is 11.3 Å². The Bertz CT molecular complexity index is 1240. The quantitative estimate of drug-likeness (QED) is 0.472. The van der Waals surface area contributed by atoms with E-state index < -0.39 is 17.7 Å². The predicted molar refractivity (Wildman–Crippen MR) is 127 cm³/mol. The van der Waals surface area contributed by atoms with E-state index in [0.717, 1.165) is 35.1 Å². The number of carbonyl (C=O) groups excluding carboxylic acids is 1. The number of hydrogen-bond donors (Lipinski definition) is 1. The summed E-state index contributed by atoms with van der Waals surface area (Å²) in [6.07, 6.45) is -0.597. The van der Waals surface area contributed by atoms with E-state index in [1.54, 1.807) is 0 Å². The van der Waals surface area contributed by atoms with E-state index >= 15 is 0 Å². The van der Waals surface area contributed by atoms with Crippen molar-refractivity contribution in [2.45, 2.75) is 57.5 Å². The molecule has 0 amide bonds. The number of hydrogen-bond acceptors (Lipinski definition) is 5. The molecule has 1 aliphatic heterocycles. The standard InChI is InChI=1S/C25H23ClF3N3OS/c1-2-3-5-15-9-11-21(34-15)22-16(13-30)24(31)32(19-6-4-7-20(33)23(19)22)18-10-8-14(26)12-17(18)25(27,28)29/h8-12,22H,2-7,31H2,1H3. The van der Waals surface area contributed by atoms with Gasteiger partial charge in [-0.15, -0.1) is 11.3 Å². The summed E-state index contributed by atoms with van der Waals surface area (Å²) in [5, 5.41) is 10.0. The molecule has 0 fully saturated rings. The average molecular weight is 506 g/mol. The number of thiophene rings is 1. The molecule has 9 heteroatoms. The zero-order chi connectivity index (χ0) is 24.6. The molecule has 0 bridgehead atoms. The van der Waals surface area contributed by atoms with Crippen LogP contribution in [0.3, 0.4) is 0 Å². The number of anilines is 1. The number of benzene rings is 1. The van der Waals surface area contributed by atoms with E-state index in [9.17, 15) is 23.2 Å². The SMILES string of the molecule is CCCCc1ccc(C2C(C#N)=C(N)N(c3ccc(Cl)cc3C(F)(F)F)C3=C2C(=O)CCC3)s1. The number of allylic oxidation sites excluding steroid dienone is 3. The van der Waals surface area contributed by atoms with Crippen molar-refractivity contribution in [1.29, 1.82) is 5.26 Å². The van der Waals surface area contributed by atoms with Gasteiger partial charge in [0.15, 0.2) is 5.78 Å². The number of halogens is 4. The van der Waals surface area contributed by atoms with Crippen molar-refractivity contribution < 1.29 is 18.0 Å². The van der Waals surface area contributed by atoms with Gasteiger partial charge >= 0.3 is 6.18 Å². The van der Waals surface area contributed by atoms with E-state index in [1.165, 1.54) is 28.4 Å². The second-order valence-electron chi connectivity index (χ2n) is 8.38. The Hall–Kier alpha value is -2.76. The first-order valence-electron chi connectivity index (χ1n) is 11.1. The molecule has 0 spiro atoms. The Labute approximate surface area is 205 Å². The second kappa shape index (κ2) is 9.47. The molecule has 4 nitrogen and oxygen atoms in total. The van der Waals surface area contributed by atoms with Gasteiger partial charge in [-0.2, -0.15) is 18.4 Å². The third-order valence-corrected chi connectivity index (χ3v) is 7.61. The van der Waals surface area contributed by atoms with Crippen molar-refractivity contribution in [3.8, 4) is 6.07 Å². The molecule has 1 aliphatic carbocycles. The van der Waals surface area contributed by atoms with Crippen LogP contribution in [-0.4, -0.2) is 5.78 Å². The van der Waals surface area contributed by atoms with Crippen LogP contribution in [-0.2, 0) is 17.4 Å². The normalized spacial score (nSPS) is 18.9. The average Bonchev–Trinajstić information content (AvgIpc) is 3.25. The number of nitrogens with two attached hydrogens (primary N) is 1. The molecular formula is C25H23ClF3N3OS. The highest BCUT2D eigenvalue weighted by Crippen LogP contribution is 2.50. The van der Waals surface area contributed by atoms with Crippen molar-refractivity contribution in [1.82, 2.24) is 0 Å². The molecule has 4 rings (SSSR count). The highest BCUT2D eigenvalue weighted by molar-refractivity contribution is 7.12. The minimum atomic E-state index is -4.70. The van der Waals surface area contributed by atoms with E-state index in [-0.39, 0.29) is 34.3 Å². The largest absolute Gasteiger partial charge is 0.418 e. The van der Waals surface area contributed by atoms with Gasteiger partial charge in [0, 0.05) is 32.5 Å². The maximum absolute atomic E-state index is 13.9. The summed E-state index contributed by atoms with van der Waals surface area (Å²) >= 11 is 7.40. The predicted octanol–water partition coefficient (Wildman–Crippen LogP) is 7.07. The van der Waals surface area contributed by atoms with Gasteiger partial charge in [-0.25, -0.2) is 0 Å². The number of aryl methyl sites for hydroxylation is 1. The van der Waals surface area contributed by atoms with Crippen LogP contribution in [0.1, 0.15) is 60.3 Å². The first-order chi connectivity index (χ1) is 16.2. The number of alkyl halides is 3. The van der Waals surface area contributed by atoms with Crippen molar-refractivity contribution >= 4 is 34.4 Å². The fourth-order valence-corrected chi connectivity index (χ4v) is 5.96. The molecule has 1 aromatic heterocycles. The number of unbranched alkanes of at least 4 members (excludes halogenated alkanes) is 1. The van der Waals surface area contributed by atoms with Crippen LogP contribution in [0.25, 0.3) is 0 Å². The summed E-state index contributed by atoms with van der Waals surface area (Å²) in [5.74, 6) is -0.925. The Balaban J connectivity index is 1.93. The summed E-state index contributed by atoms with van der Waals surface area (Å²) in [6.45, 7) is 2.10. The first kappa shape index (κ1) is 24.4. The molecule has 1 atom stereocenters. The number of ketones is 1. The lowest BCUT2D eigenvalue weighted by Gasteiger charge is -2.40. The molecule has 178 valence electrons. The third-order valence-electron chi connectivity index (χ3n) is 6.16. The zero-order valence-electron chi connectivity index (χ0n) is 18.5. The van der Waals surface area contributed by atoms with E-state index in [2.05, 4.69) is 13.0 Å². The summed E-state index contributed by atoms with van der Waals surface area (Å²) < 4.78 is 41.8. The molecule has 2 N–H and O–H groups in total. The molecule has 2 aromatic rings. The maximum Gasteiger partial charge on any atom is 0.418 e. The Kier molecular flexibility index (Phi) is 6.79. The van der Waals surface area contributed by atoms with Crippen LogP contribution in [0.15, 0.2) is 53.0 Å². The fourth-order valence-electron chi connectivity index (χ4n) is 4.61. The monoisotopic (exact) mass is 505 g/mol. The number of nitriles is 1. The van der Waals surface area contributed by atoms with Gasteiger partial charge in [-0.1, -0.05) is 24.9 Å².